The topological polar surface area (TPSA) is 64.2 Å². The van der Waals surface area contributed by atoms with Crippen molar-refractivity contribution in [2.45, 2.75) is 39.3 Å². The van der Waals surface area contributed by atoms with Crippen molar-refractivity contribution in [2.24, 2.45) is 0 Å². The van der Waals surface area contributed by atoms with Crippen molar-refractivity contribution >= 4 is 5.97 Å². The molecule has 0 aromatic carbocycles. The number of aromatic nitrogens is 2. The average molecular weight is 212 g/mol. The zero-order chi connectivity index (χ0) is 11.4. The lowest BCUT2D eigenvalue weighted by Crippen LogP contribution is -2.25. The summed E-state index contributed by atoms with van der Waals surface area (Å²) in [5, 5.41) is 8.46. The Morgan fingerprint density at radius 2 is 2.13 bits per heavy atom. The Morgan fingerprint density at radius 1 is 1.47 bits per heavy atom. The number of carboxylic acids is 1. The lowest BCUT2D eigenvalue weighted by Gasteiger charge is -2.04. The van der Waals surface area contributed by atoms with E-state index in [4.69, 9.17) is 5.11 Å². The molecule has 1 aromatic rings. The van der Waals surface area contributed by atoms with E-state index in [0.717, 1.165) is 0 Å². The summed E-state index contributed by atoms with van der Waals surface area (Å²) in [6.45, 7) is 4.33. The second-order valence-electron chi connectivity index (χ2n) is 3.77. The van der Waals surface area contributed by atoms with Crippen LogP contribution in [0.4, 0.5) is 0 Å². The third-order valence-corrected chi connectivity index (χ3v) is 2.22. The second-order valence-corrected chi connectivity index (χ2v) is 3.77. The standard InChI is InChI=1S/C10H16N2O3/c1-8(2)12-7-6-11(10(12)15)5-3-4-9(13)14/h6-8H,3-5H2,1-2H3,(H,13,14). The predicted octanol–water partition coefficient (Wildman–Crippen LogP) is 1.10. The summed E-state index contributed by atoms with van der Waals surface area (Å²) in [6, 6.07) is 0.137. The van der Waals surface area contributed by atoms with Crippen LogP contribution >= 0.6 is 0 Å². The lowest BCUT2D eigenvalue weighted by molar-refractivity contribution is -0.137. The summed E-state index contributed by atoms with van der Waals surface area (Å²) in [7, 11) is 0. The Hall–Kier alpha value is -1.52. The van der Waals surface area contributed by atoms with E-state index in [2.05, 4.69) is 0 Å². The smallest absolute Gasteiger partial charge is 0.328 e. The minimum absolute atomic E-state index is 0.0737. The van der Waals surface area contributed by atoms with Crippen molar-refractivity contribution in [1.82, 2.24) is 9.13 Å². The quantitative estimate of drug-likeness (QED) is 0.794. The largest absolute Gasteiger partial charge is 0.481 e. The molecule has 0 amide bonds. The van der Waals surface area contributed by atoms with Crippen LogP contribution in [0.3, 0.4) is 0 Å². The molecule has 0 unspecified atom stereocenters. The van der Waals surface area contributed by atoms with Crippen LogP contribution in [-0.4, -0.2) is 20.2 Å². The van der Waals surface area contributed by atoms with Crippen molar-refractivity contribution in [1.29, 1.82) is 0 Å². The number of nitrogens with zero attached hydrogens (tertiary/aromatic N) is 2. The molecule has 0 saturated heterocycles. The minimum Gasteiger partial charge on any atom is -0.481 e. The van der Waals surface area contributed by atoms with Gasteiger partial charge in [0.15, 0.2) is 0 Å². The monoisotopic (exact) mass is 212 g/mol. The maximum atomic E-state index is 11.7. The molecule has 5 heteroatoms. The molecule has 0 aliphatic carbocycles. The van der Waals surface area contributed by atoms with Gasteiger partial charge < -0.3 is 5.11 Å². The summed E-state index contributed by atoms with van der Waals surface area (Å²) in [5.74, 6) is -0.827. The van der Waals surface area contributed by atoms with Gasteiger partial charge in [0, 0.05) is 31.4 Å². The SMILES string of the molecule is CC(C)n1ccn(CCCC(=O)O)c1=O. The van der Waals surface area contributed by atoms with Crippen LogP contribution in [0.5, 0.6) is 0 Å². The van der Waals surface area contributed by atoms with Gasteiger partial charge in [-0.05, 0) is 20.3 Å². The molecule has 0 radical (unpaired) electrons. The summed E-state index contributed by atoms with van der Waals surface area (Å²) in [6.07, 6.45) is 4.01. The number of hydrogen-bond acceptors (Lipinski definition) is 2. The van der Waals surface area contributed by atoms with Crippen LogP contribution in [-0.2, 0) is 11.3 Å². The van der Waals surface area contributed by atoms with E-state index in [1.165, 1.54) is 0 Å². The fourth-order valence-corrected chi connectivity index (χ4v) is 1.39. The molecule has 0 saturated carbocycles. The van der Waals surface area contributed by atoms with E-state index in [1.54, 1.807) is 21.5 Å². The van der Waals surface area contributed by atoms with Gasteiger partial charge in [-0.25, -0.2) is 4.79 Å². The molecule has 0 aliphatic rings. The van der Waals surface area contributed by atoms with E-state index in [0.29, 0.717) is 13.0 Å². The number of aryl methyl sites for hydroxylation is 1. The van der Waals surface area contributed by atoms with Crippen molar-refractivity contribution in [3.63, 3.8) is 0 Å². The van der Waals surface area contributed by atoms with E-state index >= 15 is 0 Å². The van der Waals surface area contributed by atoms with Crippen molar-refractivity contribution < 1.29 is 9.90 Å². The highest BCUT2D eigenvalue weighted by molar-refractivity contribution is 5.66. The third-order valence-electron chi connectivity index (χ3n) is 2.22. The maximum absolute atomic E-state index is 11.7. The molecule has 0 aliphatic heterocycles. The Morgan fingerprint density at radius 3 is 2.60 bits per heavy atom. The van der Waals surface area contributed by atoms with Crippen LogP contribution in [0, 0.1) is 0 Å². The van der Waals surface area contributed by atoms with E-state index < -0.39 is 5.97 Å². The lowest BCUT2D eigenvalue weighted by atomic mass is 10.3. The molecule has 0 atom stereocenters. The van der Waals surface area contributed by atoms with Gasteiger partial charge in [-0.15, -0.1) is 0 Å². The summed E-state index contributed by atoms with van der Waals surface area (Å²) >= 11 is 0. The number of hydrogen-bond donors (Lipinski definition) is 1. The molecule has 1 rings (SSSR count). The van der Waals surface area contributed by atoms with Gasteiger partial charge in [0.05, 0.1) is 0 Å². The number of carbonyl (C=O) groups is 1. The number of rotatable bonds is 5. The molecule has 0 fully saturated rings. The van der Waals surface area contributed by atoms with Crippen molar-refractivity contribution in [3.8, 4) is 0 Å². The zero-order valence-corrected chi connectivity index (χ0v) is 9.01. The van der Waals surface area contributed by atoms with Crippen LogP contribution < -0.4 is 5.69 Å². The van der Waals surface area contributed by atoms with Gasteiger partial charge in [0.1, 0.15) is 0 Å². The predicted molar refractivity (Wildman–Crippen MR) is 55.9 cm³/mol. The molecule has 5 nitrogen and oxygen atoms in total. The Bertz CT molecular complexity index is 390. The number of imidazole rings is 1. The molecule has 1 heterocycles. The Balaban J connectivity index is 2.63. The van der Waals surface area contributed by atoms with Crippen molar-refractivity contribution in [3.05, 3.63) is 22.9 Å². The summed E-state index contributed by atoms with van der Waals surface area (Å²) in [5.41, 5.74) is -0.0737. The highest BCUT2D eigenvalue weighted by atomic mass is 16.4. The average Bonchev–Trinajstić information content (AvgIpc) is 2.47. The first-order valence-electron chi connectivity index (χ1n) is 5.01. The first-order valence-corrected chi connectivity index (χ1v) is 5.01. The van der Waals surface area contributed by atoms with Gasteiger partial charge in [-0.2, -0.15) is 0 Å². The summed E-state index contributed by atoms with van der Waals surface area (Å²) < 4.78 is 3.17. The Kier molecular flexibility index (Phi) is 3.71. The second kappa shape index (κ2) is 4.82. The van der Waals surface area contributed by atoms with Gasteiger partial charge in [0.25, 0.3) is 0 Å². The zero-order valence-electron chi connectivity index (χ0n) is 9.01. The third kappa shape index (κ3) is 2.97. The first-order chi connectivity index (χ1) is 7.02. The number of carboxylic acid groups (broad SMARTS) is 1. The van der Waals surface area contributed by atoms with Crippen LogP contribution in [0.2, 0.25) is 0 Å². The van der Waals surface area contributed by atoms with E-state index in [-0.39, 0.29) is 18.2 Å². The first kappa shape index (κ1) is 11.6. The molecular formula is C10H16N2O3. The molecule has 84 valence electrons. The van der Waals surface area contributed by atoms with E-state index in [1.807, 2.05) is 13.8 Å². The number of aliphatic carboxylic acids is 1. The van der Waals surface area contributed by atoms with Gasteiger partial charge in [-0.3, -0.25) is 13.9 Å². The van der Waals surface area contributed by atoms with Crippen molar-refractivity contribution in [2.75, 3.05) is 0 Å². The maximum Gasteiger partial charge on any atom is 0.328 e. The molecule has 0 bridgehead atoms. The molecular weight excluding hydrogens is 196 g/mol. The van der Waals surface area contributed by atoms with Gasteiger partial charge >= 0.3 is 11.7 Å². The Labute approximate surface area is 88.0 Å². The van der Waals surface area contributed by atoms with Crippen LogP contribution in [0.1, 0.15) is 32.7 Å². The summed E-state index contributed by atoms with van der Waals surface area (Å²) in [4.78, 5) is 22.0. The molecule has 0 spiro atoms. The van der Waals surface area contributed by atoms with Crippen LogP contribution in [0.25, 0.3) is 0 Å². The van der Waals surface area contributed by atoms with Crippen LogP contribution in [0.15, 0.2) is 17.2 Å². The molecule has 15 heavy (non-hydrogen) atoms. The highest BCUT2D eigenvalue weighted by Gasteiger charge is 2.06. The fraction of sp³-hybridized carbons (Fsp3) is 0.600. The van der Waals surface area contributed by atoms with Gasteiger partial charge in [-0.1, -0.05) is 0 Å². The fourth-order valence-electron chi connectivity index (χ4n) is 1.39. The van der Waals surface area contributed by atoms with E-state index in [9.17, 15) is 9.59 Å². The normalized spacial score (nSPS) is 10.9. The minimum atomic E-state index is -0.827. The van der Waals surface area contributed by atoms with Gasteiger partial charge in [0.2, 0.25) is 0 Å². The molecule has 1 aromatic heterocycles. The molecule has 1 N–H and O–H groups in total. The highest BCUT2D eigenvalue weighted by Crippen LogP contribution is 2.00.